The van der Waals surface area contributed by atoms with Gasteiger partial charge in [0.2, 0.25) is 0 Å². The Labute approximate surface area is 142 Å². The largest absolute Gasteiger partial charge is 0.338 e. The minimum atomic E-state index is -0.321. The second-order valence-corrected chi connectivity index (χ2v) is 5.92. The van der Waals surface area contributed by atoms with Crippen LogP contribution in [0.1, 0.15) is 43.6 Å². The van der Waals surface area contributed by atoms with Gasteiger partial charge in [-0.05, 0) is 24.1 Å². The number of carbonyl (C=O) groups is 1. The lowest BCUT2D eigenvalue weighted by molar-refractivity contribution is 0.238. The number of nitrogens with zero attached hydrogens (tertiary/aromatic N) is 2. The summed E-state index contributed by atoms with van der Waals surface area (Å²) in [5.41, 5.74) is 0.937. The van der Waals surface area contributed by atoms with Gasteiger partial charge >= 0.3 is 6.03 Å². The van der Waals surface area contributed by atoms with Crippen LogP contribution < -0.4 is 10.6 Å². The predicted octanol–water partition coefficient (Wildman–Crippen LogP) is 3.65. The Morgan fingerprint density at radius 2 is 2.04 bits per heavy atom. The molecule has 1 heterocycles. The van der Waals surface area contributed by atoms with E-state index in [-0.39, 0.29) is 12.1 Å². The number of urea groups is 1. The standard InChI is InChI=1S/C17H23ClN4O/c1-3-4-5-10-20-17(23)21-15(16-19-11-12-22(16)2)13-6-8-14(18)9-7-13/h6-9,11-12,15H,3-5,10H2,1-2H3,(H2,20,21,23)/t15-/m1/s1. The maximum absolute atomic E-state index is 12.2. The molecule has 5 nitrogen and oxygen atoms in total. The van der Waals surface area contributed by atoms with Gasteiger partial charge in [-0.15, -0.1) is 0 Å². The highest BCUT2D eigenvalue weighted by Gasteiger charge is 2.20. The summed E-state index contributed by atoms with van der Waals surface area (Å²) in [7, 11) is 1.91. The van der Waals surface area contributed by atoms with E-state index in [1.54, 1.807) is 6.20 Å². The van der Waals surface area contributed by atoms with Crippen molar-refractivity contribution in [3.63, 3.8) is 0 Å². The van der Waals surface area contributed by atoms with Crippen LogP contribution in [0.15, 0.2) is 36.7 Å². The Hall–Kier alpha value is -2.01. The second kappa shape index (κ2) is 8.58. The first kappa shape index (κ1) is 17.3. The molecule has 0 unspecified atom stereocenters. The van der Waals surface area contributed by atoms with E-state index in [0.717, 1.165) is 30.7 Å². The molecule has 0 radical (unpaired) electrons. The molecule has 0 aliphatic carbocycles. The van der Waals surface area contributed by atoms with Gasteiger partial charge in [0.05, 0.1) is 0 Å². The molecule has 0 saturated carbocycles. The lowest BCUT2D eigenvalue weighted by Gasteiger charge is -2.19. The van der Waals surface area contributed by atoms with Gasteiger partial charge in [0.25, 0.3) is 0 Å². The molecule has 124 valence electrons. The summed E-state index contributed by atoms with van der Waals surface area (Å²) >= 11 is 5.96. The zero-order chi connectivity index (χ0) is 16.7. The Bertz CT molecular complexity index is 624. The van der Waals surface area contributed by atoms with Gasteiger partial charge in [-0.25, -0.2) is 9.78 Å². The number of benzene rings is 1. The summed E-state index contributed by atoms with van der Waals surface area (Å²) in [6, 6.07) is 6.92. The van der Waals surface area contributed by atoms with Crippen molar-refractivity contribution >= 4 is 17.6 Å². The molecule has 0 spiro atoms. The van der Waals surface area contributed by atoms with Crippen LogP contribution >= 0.6 is 11.6 Å². The Balaban J connectivity index is 2.10. The highest BCUT2D eigenvalue weighted by atomic mass is 35.5. The highest BCUT2D eigenvalue weighted by Crippen LogP contribution is 2.22. The molecule has 0 aliphatic heterocycles. The van der Waals surface area contributed by atoms with Gasteiger partial charge < -0.3 is 15.2 Å². The fourth-order valence-corrected chi connectivity index (χ4v) is 2.49. The van der Waals surface area contributed by atoms with E-state index in [1.165, 1.54) is 0 Å². The van der Waals surface area contributed by atoms with E-state index in [0.29, 0.717) is 11.6 Å². The molecule has 23 heavy (non-hydrogen) atoms. The first-order valence-corrected chi connectivity index (χ1v) is 8.26. The summed E-state index contributed by atoms with van der Waals surface area (Å²) in [6.07, 6.45) is 6.81. The Morgan fingerprint density at radius 1 is 1.30 bits per heavy atom. The molecule has 1 aromatic heterocycles. The number of aryl methyl sites for hydroxylation is 1. The predicted molar refractivity (Wildman–Crippen MR) is 92.6 cm³/mol. The SMILES string of the molecule is CCCCCNC(=O)N[C@H](c1ccc(Cl)cc1)c1nccn1C. The van der Waals surface area contributed by atoms with E-state index < -0.39 is 0 Å². The van der Waals surface area contributed by atoms with Gasteiger partial charge in [0.15, 0.2) is 0 Å². The number of unbranched alkanes of at least 4 members (excludes halogenated alkanes) is 2. The van der Waals surface area contributed by atoms with E-state index in [2.05, 4.69) is 22.5 Å². The molecule has 2 rings (SSSR count). The number of rotatable bonds is 7. The first-order valence-electron chi connectivity index (χ1n) is 7.89. The normalized spacial score (nSPS) is 12.0. The van der Waals surface area contributed by atoms with Gasteiger partial charge in [0.1, 0.15) is 11.9 Å². The van der Waals surface area contributed by atoms with Crippen LogP contribution in [0.25, 0.3) is 0 Å². The van der Waals surface area contributed by atoms with Crippen molar-refractivity contribution in [2.75, 3.05) is 6.54 Å². The lowest BCUT2D eigenvalue weighted by Crippen LogP contribution is -2.39. The van der Waals surface area contributed by atoms with Gasteiger partial charge in [0, 0.05) is 31.0 Å². The third kappa shape index (κ3) is 4.99. The zero-order valence-electron chi connectivity index (χ0n) is 13.6. The fourth-order valence-electron chi connectivity index (χ4n) is 2.37. The molecule has 2 N–H and O–H groups in total. The molecular weight excluding hydrogens is 312 g/mol. The average Bonchev–Trinajstić information content (AvgIpc) is 2.96. The van der Waals surface area contributed by atoms with Crippen LogP contribution in [-0.4, -0.2) is 22.1 Å². The minimum Gasteiger partial charge on any atom is -0.338 e. The summed E-state index contributed by atoms with van der Waals surface area (Å²) in [6.45, 7) is 2.81. The molecule has 6 heteroatoms. The number of amides is 2. The minimum absolute atomic E-state index is 0.191. The molecule has 0 fully saturated rings. The topological polar surface area (TPSA) is 59.0 Å². The number of hydrogen-bond acceptors (Lipinski definition) is 2. The molecule has 0 bridgehead atoms. The van der Waals surface area contributed by atoms with E-state index in [4.69, 9.17) is 11.6 Å². The molecule has 2 aromatic rings. The fraction of sp³-hybridized carbons (Fsp3) is 0.412. The molecule has 2 amide bonds. The number of halogens is 1. The van der Waals surface area contributed by atoms with Gasteiger partial charge in [-0.2, -0.15) is 0 Å². The monoisotopic (exact) mass is 334 g/mol. The molecule has 1 atom stereocenters. The molecular formula is C17H23ClN4O. The van der Waals surface area contributed by atoms with Crippen LogP contribution in [0.5, 0.6) is 0 Å². The molecule has 0 saturated heterocycles. The highest BCUT2D eigenvalue weighted by molar-refractivity contribution is 6.30. The van der Waals surface area contributed by atoms with Gasteiger partial charge in [-0.1, -0.05) is 43.5 Å². The van der Waals surface area contributed by atoms with Crippen molar-refractivity contribution in [3.05, 3.63) is 53.1 Å². The second-order valence-electron chi connectivity index (χ2n) is 5.49. The number of aromatic nitrogens is 2. The van der Waals surface area contributed by atoms with Crippen molar-refractivity contribution in [3.8, 4) is 0 Å². The van der Waals surface area contributed by atoms with Crippen molar-refractivity contribution in [2.45, 2.75) is 32.2 Å². The summed E-state index contributed by atoms with van der Waals surface area (Å²) in [5.74, 6) is 0.774. The van der Waals surface area contributed by atoms with E-state index >= 15 is 0 Å². The maximum atomic E-state index is 12.2. The first-order chi connectivity index (χ1) is 11.1. The van der Waals surface area contributed by atoms with Crippen LogP contribution in [0.3, 0.4) is 0 Å². The quantitative estimate of drug-likeness (QED) is 0.759. The average molecular weight is 335 g/mol. The number of imidazole rings is 1. The van der Waals surface area contributed by atoms with Crippen molar-refractivity contribution in [2.24, 2.45) is 7.05 Å². The Kier molecular flexibility index (Phi) is 6.47. The van der Waals surface area contributed by atoms with Crippen LogP contribution in [0.2, 0.25) is 5.02 Å². The summed E-state index contributed by atoms with van der Waals surface area (Å²) in [5, 5.41) is 6.56. The third-order valence-electron chi connectivity index (χ3n) is 3.66. The number of hydrogen-bond donors (Lipinski definition) is 2. The van der Waals surface area contributed by atoms with E-state index in [9.17, 15) is 4.79 Å². The van der Waals surface area contributed by atoms with Crippen LogP contribution in [0, 0.1) is 0 Å². The maximum Gasteiger partial charge on any atom is 0.315 e. The molecule has 1 aromatic carbocycles. The Morgan fingerprint density at radius 3 is 2.65 bits per heavy atom. The van der Waals surface area contributed by atoms with E-state index in [1.807, 2.05) is 42.1 Å². The lowest BCUT2D eigenvalue weighted by atomic mass is 10.1. The third-order valence-corrected chi connectivity index (χ3v) is 3.91. The smallest absolute Gasteiger partial charge is 0.315 e. The number of carbonyl (C=O) groups excluding carboxylic acids is 1. The van der Waals surface area contributed by atoms with Crippen molar-refractivity contribution < 1.29 is 4.79 Å². The van der Waals surface area contributed by atoms with Gasteiger partial charge in [-0.3, -0.25) is 0 Å². The van der Waals surface area contributed by atoms with Crippen molar-refractivity contribution in [1.82, 2.24) is 20.2 Å². The number of nitrogens with one attached hydrogen (secondary N) is 2. The van der Waals surface area contributed by atoms with Crippen LogP contribution in [-0.2, 0) is 7.05 Å². The molecule has 0 aliphatic rings. The summed E-state index contributed by atoms with van der Waals surface area (Å²) < 4.78 is 1.90. The van der Waals surface area contributed by atoms with Crippen molar-refractivity contribution in [1.29, 1.82) is 0 Å². The zero-order valence-corrected chi connectivity index (χ0v) is 14.3. The summed E-state index contributed by atoms with van der Waals surface area (Å²) in [4.78, 5) is 16.5. The van der Waals surface area contributed by atoms with Crippen LogP contribution in [0.4, 0.5) is 4.79 Å².